The SMILES string of the molecule is N#Cc1ccc(CN[C@H]2CCCN(Cc3noc(C4CC4)n3)C2)cc1. The van der Waals surface area contributed by atoms with Crippen LogP contribution in [-0.2, 0) is 13.1 Å². The van der Waals surface area contributed by atoms with Crippen molar-refractivity contribution in [2.75, 3.05) is 13.1 Å². The number of benzene rings is 1. The van der Waals surface area contributed by atoms with Crippen molar-refractivity contribution in [3.8, 4) is 6.07 Å². The Morgan fingerprint density at radius 3 is 2.84 bits per heavy atom. The van der Waals surface area contributed by atoms with Gasteiger partial charge in [-0.3, -0.25) is 4.90 Å². The van der Waals surface area contributed by atoms with E-state index in [1.54, 1.807) is 0 Å². The van der Waals surface area contributed by atoms with Crippen LogP contribution in [0.25, 0.3) is 0 Å². The van der Waals surface area contributed by atoms with Crippen molar-refractivity contribution in [3.63, 3.8) is 0 Å². The average Bonchev–Trinajstić information content (AvgIpc) is 3.40. The van der Waals surface area contributed by atoms with E-state index in [9.17, 15) is 0 Å². The van der Waals surface area contributed by atoms with Gasteiger partial charge in [0.15, 0.2) is 5.82 Å². The highest BCUT2D eigenvalue weighted by atomic mass is 16.5. The molecule has 25 heavy (non-hydrogen) atoms. The predicted molar refractivity (Wildman–Crippen MR) is 92.6 cm³/mol. The number of hydrogen-bond donors (Lipinski definition) is 1. The summed E-state index contributed by atoms with van der Waals surface area (Å²) in [4.78, 5) is 6.94. The highest BCUT2D eigenvalue weighted by molar-refractivity contribution is 5.31. The van der Waals surface area contributed by atoms with Crippen molar-refractivity contribution in [2.45, 2.75) is 50.7 Å². The lowest BCUT2D eigenvalue weighted by atomic mass is 10.0. The summed E-state index contributed by atoms with van der Waals surface area (Å²) in [7, 11) is 0. The second kappa shape index (κ2) is 7.34. The third kappa shape index (κ3) is 4.25. The monoisotopic (exact) mass is 337 g/mol. The molecule has 0 unspecified atom stereocenters. The van der Waals surface area contributed by atoms with E-state index in [0.29, 0.717) is 17.5 Å². The van der Waals surface area contributed by atoms with Crippen LogP contribution in [0.5, 0.6) is 0 Å². The number of likely N-dealkylation sites (tertiary alicyclic amines) is 1. The van der Waals surface area contributed by atoms with Gasteiger partial charge in [0, 0.05) is 25.0 Å². The topological polar surface area (TPSA) is 78.0 Å². The molecule has 1 saturated heterocycles. The van der Waals surface area contributed by atoms with Gasteiger partial charge in [-0.25, -0.2) is 0 Å². The molecule has 130 valence electrons. The quantitative estimate of drug-likeness (QED) is 0.873. The minimum Gasteiger partial charge on any atom is -0.339 e. The molecule has 6 heteroatoms. The average molecular weight is 337 g/mol. The first-order chi connectivity index (χ1) is 12.3. The minimum atomic E-state index is 0.471. The summed E-state index contributed by atoms with van der Waals surface area (Å²) in [6.07, 6.45) is 4.74. The summed E-state index contributed by atoms with van der Waals surface area (Å²) >= 11 is 0. The zero-order chi connectivity index (χ0) is 17.1. The maximum Gasteiger partial charge on any atom is 0.229 e. The summed E-state index contributed by atoms with van der Waals surface area (Å²) in [6.45, 7) is 3.69. The van der Waals surface area contributed by atoms with Crippen molar-refractivity contribution < 1.29 is 4.52 Å². The van der Waals surface area contributed by atoms with Gasteiger partial charge in [0.2, 0.25) is 5.89 Å². The Bertz CT molecular complexity index is 744. The number of nitriles is 1. The van der Waals surface area contributed by atoms with Crippen LogP contribution in [0.4, 0.5) is 0 Å². The molecule has 1 aromatic carbocycles. The molecule has 1 saturated carbocycles. The van der Waals surface area contributed by atoms with Crippen LogP contribution in [0.1, 0.15) is 54.4 Å². The van der Waals surface area contributed by atoms with Crippen molar-refractivity contribution >= 4 is 0 Å². The Hall–Kier alpha value is -2.23. The van der Waals surface area contributed by atoms with Gasteiger partial charge in [-0.1, -0.05) is 17.3 Å². The zero-order valence-electron chi connectivity index (χ0n) is 14.3. The van der Waals surface area contributed by atoms with E-state index in [0.717, 1.165) is 37.9 Å². The van der Waals surface area contributed by atoms with Crippen LogP contribution >= 0.6 is 0 Å². The van der Waals surface area contributed by atoms with Crippen LogP contribution in [-0.4, -0.2) is 34.2 Å². The Kier molecular flexibility index (Phi) is 4.77. The molecule has 0 amide bonds. The van der Waals surface area contributed by atoms with E-state index >= 15 is 0 Å². The van der Waals surface area contributed by atoms with Gasteiger partial charge in [-0.05, 0) is 49.9 Å². The van der Waals surface area contributed by atoms with Gasteiger partial charge in [0.05, 0.1) is 18.2 Å². The number of nitrogens with zero attached hydrogens (tertiary/aromatic N) is 4. The molecule has 2 aromatic rings. The predicted octanol–water partition coefficient (Wildman–Crippen LogP) is 2.57. The van der Waals surface area contributed by atoms with E-state index in [4.69, 9.17) is 9.78 Å². The smallest absolute Gasteiger partial charge is 0.229 e. The molecule has 4 rings (SSSR count). The summed E-state index contributed by atoms with van der Waals surface area (Å²) in [5, 5.41) is 16.6. The summed E-state index contributed by atoms with van der Waals surface area (Å²) in [6, 6.07) is 10.4. The van der Waals surface area contributed by atoms with Crippen molar-refractivity contribution in [1.29, 1.82) is 5.26 Å². The minimum absolute atomic E-state index is 0.471. The number of rotatable bonds is 6. The summed E-state index contributed by atoms with van der Waals surface area (Å²) in [5.41, 5.74) is 1.92. The summed E-state index contributed by atoms with van der Waals surface area (Å²) in [5.74, 6) is 2.15. The fourth-order valence-corrected chi connectivity index (χ4v) is 3.35. The largest absolute Gasteiger partial charge is 0.339 e. The van der Waals surface area contributed by atoms with Crippen LogP contribution < -0.4 is 5.32 Å². The molecule has 1 N–H and O–H groups in total. The van der Waals surface area contributed by atoms with E-state index < -0.39 is 0 Å². The first-order valence-corrected chi connectivity index (χ1v) is 9.07. The molecule has 0 bridgehead atoms. The molecular weight excluding hydrogens is 314 g/mol. The highest BCUT2D eigenvalue weighted by Gasteiger charge is 2.30. The Labute approximate surface area is 147 Å². The Balaban J connectivity index is 1.27. The molecule has 1 aliphatic carbocycles. The molecule has 1 aliphatic heterocycles. The third-order valence-corrected chi connectivity index (χ3v) is 4.96. The molecule has 1 atom stereocenters. The van der Waals surface area contributed by atoms with Crippen molar-refractivity contribution in [2.24, 2.45) is 0 Å². The fraction of sp³-hybridized carbons (Fsp3) is 0.526. The Morgan fingerprint density at radius 1 is 1.24 bits per heavy atom. The summed E-state index contributed by atoms with van der Waals surface area (Å²) < 4.78 is 5.35. The van der Waals surface area contributed by atoms with E-state index in [1.165, 1.54) is 31.2 Å². The molecule has 0 radical (unpaired) electrons. The van der Waals surface area contributed by atoms with Gasteiger partial charge in [-0.2, -0.15) is 10.2 Å². The van der Waals surface area contributed by atoms with Gasteiger partial charge in [0.25, 0.3) is 0 Å². The number of nitrogens with one attached hydrogen (secondary N) is 1. The zero-order valence-corrected chi connectivity index (χ0v) is 14.3. The first kappa shape index (κ1) is 16.2. The van der Waals surface area contributed by atoms with Gasteiger partial charge >= 0.3 is 0 Å². The second-order valence-electron chi connectivity index (χ2n) is 7.09. The number of aromatic nitrogens is 2. The third-order valence-electron chi connectivity index (χ3n) is 4.96. The molecule has 2 heterocycles. The van der Waals surface area contributed by atoms with Crippen molar-refractivity contribution in [3.05, 3.63) is 47.1 Å². The second-order valence-corrected chi connectivity index (χ2v) is 7.09. The molecule has 2 aliphatic rings. The van der Waals surface area contributed by atoms with Crippen LogP contribution in [0.15, 0.2) is 28.8 Å². The van der Waals surface area contributed by atoms with E-state index in [2.05, 4.69) is 26.4 Å². The van der Waals surface area contributed by atoms with Crippen LogP contribution in [0, 0.1) is 11.3 Å². The van der Waals surface area contributed by atoms with Gasteiger partial charge in [0.1, 0.15) is 0 Å². The normalized spacial score (nSPS) is 21.2. The molecule has 6 nitrogen and oxygen atoms in total. The van der Waals surface area contributed by atoms with Crippen LogP contribution in [0.3, 0.4) is 0 Å². The van der Waals surface area contributed by atoms with Crippen molar-refractivity contribution in [1.82, 2.24) is 20.4 Å². The molecule has 1 aromatic heterocycles. The molecule has 2 fully saturated rings. The maximum atomic E-state index is 8.86. The first-order valence-electron chi connectivity index (χ1n) is 9.07. The lowest BCUT2D eigenvalue weighted by Crippen LogP contribution is -2.45. The van der Waals surface area contributed by atoms with E-state index in [-0.39, 0.29) is 0 Å². The molecule has 0 spiro atoms. The highest BCUT2D eigenvalue weighted by Crippen LogP contribution is 2.38. The van der Waals surface area contributed by atoms with Gasteiger partial charge < -0.3 is 9.84 Å². The number of hydrogen-bond acceptors (Lipinski definition) is 6. The lowest BCUT2D eigenvalue weighted by Gasteiger charge is -2.32. The lowest BCUT2D eigenvalue weighted by molar-refractivity contribution is 0.177. The Morgan fingerprint density at radius 2 is 2.08 bits per heavy atom. The van der Waals surface area contributed by atoms with Crippen LogP contribution in [0.2, 0.25) is 0 Å². The molecular formula is C19H23N5O. The maximum absolute atomic E-state index is 8.86. The van der Waals surface area contributed by atoms with E-state index in [1.807, 2.05) is 24.3 Å². The fourth-order valence-electron chi connectivity index (χ4n) is 3.35. The number of piperidine rings is 1. The van der Waals surface area contributed by atoms with Gasteiger partial charge in [-0.15, -0.1) is 0 Å². The standard InChI is InChI=1S/C19H23N5O/c20-10-14-3-5-15(6-4-14)11-21-17-2-1-9-24(12-17)13-18-22-19(25-23-18)16-7-8-16/h3-6,16-17,21H,1-2,7-9,11-13H2/t17-/m0/s1.